The molecule has 2 aliphatic rings. The van der Waals surface area contributed by atoms with Crippen LogP contribution in [-0.4, -0.2) is 51.5 Å². The minimum atomic E-state index is -0.549. The summed E-state index contributed by atoms with van der Waals surface area (Å²) in [5.74, 6) is 1.02. The van der Waals surface area contributed by atoms with Crippen LogP contribution in [0.25, 0.3) is 0 Å². The molecule has 0 bridgehead atoms. The molecular weight excluding hydrogens is 372 g/mol. The molecule has 1 aromatic carbocycles. The highest BCUT2D eigenvalue weighted by Gasteiger charge is 2.32. The van der Waals surface area contributed by atoms with Gasteiger partial charge in [0.1, 0.15) is 11.4 Å². The van der Waals surface area contributed by atoms with Crippen LogP contribution in [-0.2, 0) is 16.0 Å². The van der Waals surface area contributed by atoms with Gasteiger partial charge in [-0.3, -0.25) is 9.48 Å². The van der Waals surface area contributed by atoms with Gasteiger partial charge in [0, 0.05) is 31.8 Å². The standard InChI is InChI=1S/C21H26N4O4/c1-21(2,3)29-20(27)24-10-8-15(13-24)25-11-9-18(23-25)22-19(26)17-12-14-6-4-5-7-16(14)28-17/h4-7,9,11,15,17H,8,10,12-13H2,1-3H3,(H,22,23,26)/t15-,17-/m0/s1. The van der Waals surface area contributed by atoms with E-state index < -0.39 is 11.7 Å². The molecule has 0 unspecified atom stereocenters. The Kier molecular flexibility index (Phi) is 4.94. The van der Waals surface area contributed by atoms with Gasteiger partial charge >= 0.3 is 6.09 Å². The summed E-state index contributed by atoms with van der Waals surface area (Å²) in [7, 11) is 0. The predicted molar refractivity (Wildman–Crippen MR) is 107 cm³/mol. The fraction of sp³-hybridized carbons (Fsp3) is 0.476. The number of hydrogen-bond donors (Lipinski definition) is 1. The molecule has 2 aromatic rings. The first-order valence-corrected chi connectivity index (χ1v) is 9.87. The fourth-order valence-electron chi connectivity index (χ4n) is 3.59. The summed E-state index contributed by atoms with van der Waals surface area (Å²) in [5, 5.41) is 7.30. The van der Waals surface area contributed by atoms with Gasteiger partial charge in [0.25, 0.3) is 5.91 Å². The van der Waals surface area contributed by atoms with E-state index in [9.17, 15) is 9.59 Å². The molecule has 3 heterocycles. The molecule has 8 heteroatoms. The van der Waals surface area contributed by atoms with Crippen molar-refractivity contribution >= 4 is 17.8 Å². The molecule has 154 valence electrons. The first kappa shape index (κ1) is 19.3. The molecule has 0 saturated carbocycles. The average Bonchev–Trinajstić information content (AvgIpc) is 3.38. The van der Waals surface area contributed by atoms with E-state index in [-0.39, 0.29) is 18.0 Å². The zero-order valence-corrected chi connectivity index (χ0v) is 16.9. The molecule has 29 heavy (non-hydrogen) atoms. The molecule has 1 N–H and O–H groups in total. The maximum absolute atomic E-state index is 12.5. The van der Waals surface area contributed by atoms with Gasteiger partial charge in [-0.15, -0.1) is 0 Å². The molecule has 1 fully saturated rings. The molecule has 0 spiro atoms. The number of carbonyl (C=O) groups is 2. The van der Waals surface area contributed by atoms with Gasteiger partial charge in [0.2, 0.25) is 0 Å². The van der Waals surface area contributed by atoms with Crippen LogP contribution in [0, 0.1) is 0 Å². The Balaban J connectivity index is 1.32. The van der Waals surface area contributed by atoms with Crippen LogP contribution < -0.4 is 10.1 Å². The first-order valence-electron chi connectivity index (χ1n) is 9.87. The van der Waals surface area contributed by atoms with Gasteiger partial charge in [-0.1, -0.05) is 18.2 Å². The molecule has 0 aliphatic carbocycles. The SMILES string of the molecule is CC(C)(C)OC(=O)N1CC[C@H](n2ccc(NC(=O)[C@@H]3Cc4ccccc4O3)n2)C1. The summed E-state index contributed by atoms with van der Waals surface area (Å²) in [6.07, 6.45) is 2.31. The maximum Gasteiger partial charge on any atom is 0.410 e. The number of ether oxygens (including phenoxy) is 2. The van der Waals surface area contributed by atoms with E-state index in [4.69, 9.17) is 9.47 Å². The van der Waals surface area contributed by atoms with E-state index in [1.807, 2.05) is 51.2 Å². The maximum atomic E-state index is 12.5. The van der Waals surface area contributed by atoms with Gasteiger partial charge in [0.05, 0.1) is 6.04 Å². The number of nitrogens with zero attached hydrogens (tertiary/aromatic N) is 3. The Labute approximate surface area is 169 Å². The average molecular weight is 398 g/mol. The van der Waals surface area contributed by atoms with Crippen molar-refractivity contribution in [2.24, 2.45) is 0 Å². The molecule has 2 atom stereocenters. The van der Waals surface area contributed by atoms with Gasteiger partial charge in [-0.2, -0.15) is 5.10 Å². The molecule has 8 nitrogen and oxygen atoms in total. The number of anilines is 1. The topological polar surface area (TPSA) is 85.7 Å². The van der Waals surface area contributed by atoms with E-state index in [2.05, 4.69) is 10.4 Å². The lowest BCUT2D eigenvalue weighted by Crippen LogP contribution is -2.35. The number of likely N-dealkylation sites (tertiary alicyclic amines) is 1. The zero-order chi connectivity index (χ0) is 20.6. The van der Waals surface area contributed by atoms with Crippen molar-refractivity contribution in [3.8, 4) is 5.75 Å². The van der Waals surface area contributed by atoms with Crippen molar-refractivity contribution in [1.29, 1.82) is 0 Å². The van der Waals surface area contributed by atoms with Gasteiger partial charge in [-0.05, 0) is 38.8 Å². The first-order chi connectivity index (χ1) is 13.8. The molecule has 1 saturated heterocycles. The molecule has 0 radical (unpaired) electrons. The Hall–Kier alpha value is -3.03. The Morgan fingerprint density at radius 3 is 2.79 bits per heavy atom. The number of rotatable bonds is 3. The van der Waals surface area contributed by atoms with Crippen LogP contribution in [0.2, 0.25) is 0 Å². The lowest BCUT2D eigenvalue weighted by Gasteiger charge is -2.24. The summed E-state index contributed by atoms with van der Waals surface area (Å²) in [6.45, 7) is 6.72. The number of aromatic nitrogens is 2. The summed E-state index contributed by atoms with van der Waals surface area (Å²) in [6, 6.07) is 9.48. The van der Waals surface area contributed by atoms with Crippen LogP contribution in [0.1, 0.15) is 38.8 Å². The van der Waals surface area contributed by atoms with Gasteiger partial charge in [0.15, 0.2) is 11.9 Å². The third-order valence-electron chi connectivity index (χ3n) is 4.99. The molecule has 2 aliphatic heterocycles. The van der Waals surface area contributed by atoms with Crippen LogP contribution in [0.4, 0.5) is 10.6 Å². The Bertz CT molecular complexity index is 892. The Morgan fingerprint density at radius 1 is 1.24 bits per heavy atom. The van der Waals surface area contributed by atoms with Crippen molar-refractivity contribution < 1.29 is 19.1 Å². The number of para-hydroxylation sites is 1. The minimum absolute atomic E-state index is 0.0557. The summed E-state index contributed by atoms with van der Waals surface area (Å²) < 4.78 is 13.0. The lowest BCUT2D eigenvalue weighted by atomic mass is 10.1. The highest BCUT2D eigenvalue weighted by Crippen LogP contribution is 2.29. The normalized spacial score (nSPS) is 20.9. The van der Waals surface area contributed by atoms with E-state index >= 15 is 0 Å². The number of amides is 2. The van der Waals surface area contributed by atoms with E-state index in [0.717, 1.165) is 17.7 Å². The highest BCUT2D eigenvalue weighted by atomic mass is 16.6. The Morgan fingerprint density at radius 2 is 2.03 bits per heavy atom. The second-order valence-corrected chi connectivity index (χ2v) is 8.46. The second kappa shape index (κ2) is 7.42. The highest BCUT2D eigenvalue weighted by molar-refractivity contribution is 5.94. The van der Waals surface area contributed by atoms with Crippen LogP contribution in [0.15, 0.2) is 36.5 Å². The molecule has 4 rings (SSSR count). The van der Waals surface area contributed by atoms with Crippen LogP contribution >= 0.6 is 0 Å². The monoisotopic (exact) mass is 398 g/mol. The molecule has 2 amide bonds. The number of nitrogens with one attached hydrogen (secondary N) is 1. The summed E-state index contributed by atoms with van der Waals surface area (Å²) in [4.78, 5) is 26.5. The smallest absolute Gasteiger partial charge is 0.410 e. The van der Waals surface area contributed by atoms with Crippen molar-refractivity contribution in [1.82, 2.24) is 14.7 Å². The quantitative estimate of drug-likeness (QED) is 0.859. The largest absolute Gasteiger partial charge is 0.480 e. The van der Waals surface area contributed by atoms with E-state index in [1.165, 1.54) is 0 Å². The predicted octanol–water partition coefficient (Wildman–Crippen LogP) is 3.01. The third-order valence-corrected chi connectivity index (χ3v) is 4.99. The number of carbonyl (C=O) groups excluding carboxylic acids is 2. The van der Waals surface area contributed by atoms with Crippen molar-refractivity contribution in [3.05, 3.63) is 42.1 Å². The summed E-state index contributed by atoms with van der Waals surface area (Å²) in [5.41, 5.74) is 0.520. The van der Waals surface area contributed by atoms with Gasteiger partial charge in [-0.25, -0.2) is 4.79 Å². The number of benzene rings is 1. The number of hydrogen-bond acceptors (Lipinski definition) is 5. The van der Waals surface area contributed by atoms with E-state index in [0.29, 0.717) is 25.3 Å². The summed E-state index contributed by atoms with van der Waals surface area (Å²) >= 11 is 0. The number of fused-ring (bicyclic) bond motifs is 1. The molecule has 1 aromatic heterocycles. The van der Waals surface area contributed by atoms with Crippen molar-refractivity contribution in [2.45, 2.75) is 51.4 Å². The van der Waals surface area contributed by atoms with E-state index in [1.54, 1.807) is 15.6 Å². The lowest BCUT2D eigenvalue weighted by molar-refractivity contribution is -0.122. The minimum Gasteiger partial charge on any atom is -0.480 e. The van der Waals surface area contributed by atoms with Crippen molar-refractivity contribution in [2.75, 3.05) is 18.4 Å². The third kappa shape index (κ3) is 4.36. The van der Waals surface area contributed by atoms with Crippen LogP contribution in [0.5, 0.6) is 5.75 Å². The van der Waals surface area contributed by atoms with Crippen molar-refractivity contribution in [3.63, 3.8) is 0 Å². The molecular formula is C21H26N4O4. The second-order valence-electron chi connectivity index (χ2n) is 8.46. The van der Waals surface area contributed by atoms with Gasteiger partial charge < -0.3 is 19.7 Å². The van der Waals surface area contributed by atoms with Crippen LogP contribution in [0.3, 0.4) is 0 Å². The fourth-order valence-corrected chi connectivity index (χ4v) is 3.59. The zero-order valence-electron chi connectivity index (χ0n) is 16.9.